The first kappa shape index (κ1) is 15.7. The monoisotopic (exact) mass is 363 g/mol. The number of hydrogen-bond acceptors (Lipinski definition) is 1. The van der Waals surface area contributed by atoms with Gasteiger partial charge in [-0.15, -0.1) is 0 Å². The summed E-state index contributed by atoms with van der Waals surface area (Å²) in [6.45, 7) is 0. The van der Waals surface area contributed by atoms with E-state index in [2.05, 4.69) is 4.99 Å². The molecule has 0 unspecified atom stereocenters. The number of alkyl halides is 3. The lowest BCUT2D eigenvalue weighted by Crippen LogP contribution is -2.22. The van der Waals surface area contributed by atoms with E-state index in [0.29, 0.717) is 31.8 Å². The summed E-state index contributed by atoms with van der Waals surface area (Å²) in [4.78, 5) is 3.61. The van der Waals surface area contributed by atoms with Gasteiger partial charge in [0.25, 0.3) is 0 Å². The van der Waals surface area contributed by atoms with Crippen LogP contribution in [0.5, 0.6) is 0 Å². The summed E-state index contributed by atoms with van der Waals surface area (Å²) < 4.78 is 38.3. The van der Waals surface area contributed by atoms with Crippen molar-refractivity contribution in [3.8, 4) is 11.1 Å². The molecule has 0 fully saturated rings. The fourth-order valence-corrected chi connectivity index (χ4v) is 3.11. The summed E-state index contributed by atoms with van der Waals surface area (Å²) in [5.74, 6) is 0. The highest BCUT2D eigenvalue weighted by Crippen LogP contribution is 2.40. The summed E-state index contributed by atoms with van der Waals surface area (Å²) in [7, 11) is 0. The number of fused-ring (bicyclic) bond motifs is 1. The summed E-state index contributed by atoms with van der Waals surface area (Å²) in [5.41, 5.74) is 1.12. The summed E-state index contributed by atoms with van der Waals surface area (Å²) in [6, 6.07) is 7.91. The molecule has 1 nitrogen and oxygen atoms in total. The van der Waals surface area contributed by atoms with Gasteiger partial charge in [-0.25, -0.2) is 4.99 Å². The second kappa shape index (κ2) is 5.44. The van der Waals surface area contributed by atoms with Crippen molar-refractivity contribution >= 4 is 46.2 Å². The van der Waals surface area contributed by atoms with Gasteiger partial charge in [-0.3, -0.25) is 0 Å². The molecule has 0 atom stereocenters. The van der Waals surface area contributed by atoms with Gasteiger partial charge in [-0.05, 0) is 41.5 Å². The van der Waals surface area contributed by atoms with Gasteiger partial charge in [0.15, 0.2) is 0 Å². The van der Waals surface area contributed by atoms with Gasteiger partial charge in [0.2, 0.25) is 0 Å². The van der Waals surface area contributed by atoms with Crippen LogP contribution in [-0.2, 0) is 6.42 Å². The van der Waals surface area contributed by atoms with Crippen molar-refractivity contribution in [3.05, 3.63) is 51.0 Å². The molecule has 0 saturated heterocycles. The van der Waals surface area contributed by atoms with Crippen LogP contribution in [-0.4, -0.2) is 11.9 Å². The number of aliphatic imine (C=N–C) groups is 1. The van der Waals surface area contributed by atoms with Crippen LogP contribution in [0.4, 0.5) is 18.9 Å². The van der Waals surface area contributed by atoms with E-state index in [4.69, 9.17) is 34.8 Å². The van der Waals surface area contributed by atoms with E-state index >= 15 is 0 Å². The molecule has 2 aromatic carbocycles. The summed E-state index contributed by atoms with van der Waals surface area (Å²) in [6.07, 6.45) is -4.71. The summed E-state index contributed by atoms with van der Waals surface area (Å²) >= 11 is 18.1. The molecule has 0 N–H and O–H groups in total. The second-order valence-corrected chi connectivity index (χ2v) is 6.13. The Morgan fingerprint density at radius 1 is 0.909 bits per heavy atom. The average Bonchev–Trinajstić information content (AvgIpc) is 2.79. The first-order chi connectivity index (χ1) is 10.2. The molecule has 0 spiro atoms. The third-order valence-electron chi connectivity index (χ3n) is 3.28. The molecule has 0 radical (unpaired) electrons. The van der Waals surface area contributed by atoms with Crippen LogP contribution in [0.3, 0.4) is 0 Å². The standard InChI is InChI=1S/C15H7Cl3F3N/c16-9-1-7(2-10(17)5-9)11-3-8-4-14(15(19,20)21)22-13(8)6-12(11)18/h1-3,5-6H,4H2. The Bertz CT molecular complexity index is 777. The lowest BCUT2D eigenvalue weighted by Gasteiger charge is -2.09. The average molecular weight is 365 g/mol. The Labute approximate surface area is 139 Å². The quantitative estimate of drug-likeness (QED) is 0.547. The SMILES string of the molecule is FC(F)(F)C1=Nc2cc(Cl)c(-c3cc(Cl)cc(Cl)c3)cc2C1. The maximum atomic E-state index is 12.8. The van der Waals surface area contributed by atoms with Crippen molar-refractivity contribution in [2.45, 2.75) is 12.6 Å². The molecule has 1 aliphatic rings. The van der Waals surface area contributed by atoms with E-state index in [9.17, 15) is 13.2 Å². The maximum absolute atomic E-state index is 12.8. The molecule has 0 aromatic heterocycles. The number of nitrogens with zero attached hydrogens (tertiary/aromatic N) is 1. The molecular weight excluding hydrogens is 358 g/mol. The zero-order chi connectivity index (χ0) is 16.1. The highest BCUT2D eigenvalue weighted by atomic mass is 35.5. The molecule has 0 bridgehead atoms. The van der Waals surface area contributed by atoms with Crippen molar-refractivity contribution in [1.82, 2.24) is 0 Å². The Morgan fingerprint density at radius 3 is 2.14 bits per heavy atom. The molecule has 1 heterocycles. The van der Waals surface area contributed by atoms with E-state index < -0.39 is 11.9 Å². The lowest BCUT2D eigenvalue weighted by molar-refractivity contribution is -0.0597. The van der Waals surface area contributed by atoms with Gasteiger partial charge < -0.3 is 0 Å². The third-order valence-corrected chi connectivity index (χ3v) is 4.03. The van der Waals surface area contributed by atoms with Gasteiger partial charge in [0.05, 0.1) is 10.7 Å². The van der Waals surface area contributed by atoms with E-state index in [-0.39, 0.29) is 12.1 Å². The third kappa shape index (κ3) is 2.96. The van der Waals surface area contributed by atoms with Crippen LogP contribution in [0.2, 0.25) is 15.1 Å². The van der Waals surface area contributed by atoms with Crippen LogP contribution >= 0.6 is 34.8 Å². The molecular formula is C15H7Cl3F3N. The summed E-state index contributed by atoms with van der Waals surface area (Å²) in [5, 5.41) is 1.14. The van der Waals surface area contributed by atoms with Gasteiger partial charge >= 0.3 is 6.18 Å². The van der Waals surface area contributed by atoms with Crippen LogP contribution < -0.4 is 0 Å². The van der Waals surface area contributed by atoms with Crippen LogP contribution in [0.15, 0.2) is 35.3 Å². The molecule has 114 valence electrons. The van der Waals surface area contributed by atoms with Crippen LogP contribution in [0.1, 0.15) is 5.56 Å². The van der Waals surface area contributed by atoms with E-state index in [1.807, 2.05) is 0 Å². The minimum atomic E-state index is -4.44. The van der Waals surface area contributed by atoms with Crippen molar-refractivity contribution in [1.29, 1.82) is 0 Å². The first-order valence-corrected chi connectivity index (χ1v) is 7.31. The van der Waals surface area contributed by atoms with Gasteiger partial charge in [-0.1, -0.05) is 34.8 Å². The number of rotatable bonds is 1. The molecule has 0 amide bonds. The second-order valence-electron chi connectivity index (χ2n) is 4.85. The molecule has 3 rings (SSSR count). The Kier molecular flexibility index (Phi) is 3.87. The topological polar surface area (TPSA) is 12.4 Å². The Morgan fingerprint density at radius 2 is 1.55 bits per heavy atom. The smallest absolute Gasteiger partial charge is 0.248 e. The fourth-order valence-electron chi connectivity index (χ4n) is 2.31. The zero-order valence-electron chi connectivity index (χ0n) is 10.8. The van der Waals surface area contributed by atoms with Crippen LogP contribution in [0, 0.1) is 0 Å². The maximum Gasteiger partial charge on any atom is 0.429 e. The van der Waals surface area contributed by atoms with Gasteiger partial charge in [0, 0.05) is 22.0 Å². The largest absolute Gasteiger partial charge is 0.429 e. The normalized spacial score (nSPS) is 14.0. The van der Waals surface area contributed by atoms with E-state index in [0.717, 1.165) is 0 Å². The Balaban J connectivity index is 2.07. The molecule has 2 aromatic rings. The van der Waals surface area contributed by atoms with Crippen LogP contribution in [0.25, 0.3) is 11.1 Å². The molecule has 7 heteroatoms. The van der Waals surface area contributed by atoms with E-state index in [1.54, 1.807) is 24.3 Å². The van der Waals surface area contributed by atoms with Crippen molar-refractivity contribution in [2.24, 2.45) is 4.99 Å². The molecule has 1 aliphatic heterocycles. The number of benzene rings is 2. The highest BCUT2D eigenvalue weighted by molar-refractivity contribution is 6.36. The number of halogens is 6. The van der Waals surface area contributed by atoms with Crippen molar-refractivity contribution in [3.63, 3.8) is 0 Å². The van der Waals surface area contributed by atoms with Crippen molar-refractivity contribution in [2.75, 3.05) is 0 Å². The van der Waals surface area contributed by atoms with Gasteiger partial charge in [0.1, 0.15) is 5.71 Å². The van der Waals surface area contributed by atoms with Gasteiger partial charge in [-0.2, -0.15) is 13.2 Å². The fraction of sp³-hybridized carbons (Fsp3) is 0.133. The van der Waals surface area contributed by atoms with E-state index in [1.165, 1.54) is 6.07 Å². The lowest BCUT2D eigenvalue weighted by atomic mass is 10.0. The predicted molar refractivity (Wildman–Crippen MR) is 83.8 cm³/mol. The minimum Gasteiger partial charge on any atom is -0.248 e. The predicted octanol–water partition coefficient (Wildman–Crippen LogP) is 6.50. The Hall–Kier alpha value is -1.23. The first-order valence-electron chi connectivity index (χ1n) is 6.17. The molecule has 0 saturated carbocycles. The highest BCUT2D eigenvalue weighted by Gasteiger charge is 2.38. The molecule has 0 aliphatic carbocycles. The number of hydrogen-bond donors (Lipinski definition) is 0. The molecule has 22 heavy (non-hydrogen) atoms. The zero-order valence-corrected chi connectivity index (χ0v) is 13.1. The minimum absolute atomic E-state index is 0.245. The van der Waals surface area contributed by atoms with Crippen molar-refractivity contribution < 1.29 is 13.2 Å².